The van der Waals surface area contributed by atoms with Gasteiger partial charge in [0.15, 0.2) is 5.79 Å². The number of carbonyl (C=O) groups is 1. The second kappa shape index (κ2) is 6.06. The SMILES string of the molecule is CC1(C)C(=O)C2CCCC[C@]2(C)C2CCC3(C)C(CC[C@@H]3C3(C)OCCO3)C21. The summed E-state index contributed by atoms with van der Waals surface area (Å²) < 4.78 is 12.3. The van der Waals surface area contributed by atoms with Gasteiger partial charge in [-0.2, -0.15) is 0 Å². The molecular formula is C25H40O3. The van der Waals surface area contributed by atoms with Gasteiger partial charge < -0.3 is 9.47 Å². The molecule has 4 saturated carbocycles. The molecule has 1 heterocycles. The van der Waals surface area contributed by atoms with Crippen LogP contribution in [0.4, 0.5) is 0 Å². The largest absolute Gasteiger partial charge is 0.348 e. The lowest BCUT2D eigenvalue weighted by molar-refractivity contribution is -0.224. The Morgan fingerprint density at radius 1 is 0.786 bits per heavy atom. The maximum Gasteiger partial charge on any atom is 0.169 e. The molecule has 3 heteroatoms. The van der Waals surface area contributed by atoms with E-state index in [1.807, 2.05) is 0 Å². The number of Topliss-reactive ketones (excluding diaryl/α,β-unsaturated/α-hetero) is 1. The van der Waals surface area contributed by atoms with Crippen molar-refractivity contribution < 1.29 is 14.3 Å². The molecule has 0 aromatic heterocycles. The first-order valence-electron chi connectivity index (χ1n) is 12.0. The minimum atomic E-state index is -0.420. The van der Waals surface area contributed by atoms with Crippen LogP contribution < -0.4 is 0 Å². The van der Waals surface area contributed by atoms with Crippen LogP contribution >= 0.6 is 0 Å². The van der Waals surface area contributed by atoms with Crippen molar-refractivity contribution in [3.8, 4) is 0 Å². The van der Waals surface area contributed by atoms with Gasteiger partial charge >= 0.3 is 0 Å². The molecule has 7 atom stereocenters. The Balaban J connectivity index is 1.54. The Hall–Kier alpha value is -0.410. The summed E-state index contributed by atoms with van der Waals surface area (Å²) in [7, 11) is 0. The van der Waals surface area contributed by atoms with E-state index in [1.54, 1.807) is 0 Å². The standard InChI is InChI=1S/C25H40O3/c1-22(2)20-16-9-10-19(25(5)27-14-15-28-25)24(16,4)13-11-17(20)23(3)12-7-6-8-18(23)21(22)26/h16-20H,6-15H2,1-5H3/t16?,17?,18?,19-,20?,23+,24?/m0/s1. The van der Waals surface area contributed by atoms with Crippen molar-refractivity contribution in [1.29, 1.82) is 0 Å². The van der Waals surface area contributed by atoms with Crippen molar-refractivity contribution >= 4 is 5.78 Å². The number of ether oxygens (including phenoxy) is 2. The zero-order valence-electron chi connectivity index (χ0n) is 18.7. The molecule has 158 valence electrons. The lowest BCUT2D eigenvalue weighted by atomic mass is 9.39. The van der Waals surface area contributed by atoms with Gasteiger partial charge in [0.2, 0.25) is 0 Å². The lowest BCUT2D eigenvalue weighted by Gasteiger charge is -2.64. The van der Waals surface area contributed by atoms with Gasteiger partial charge in [0.05, 0.1) is 13.2 Å². The number of hydrogen-bond donors (Lipinski definition) is 0. The molecule has 5 unspecified atom stereocenters. The molecular weight excluding hydrogens is 348 g/mol. The second-order valence-electron chi connectivity index (χ2n) is 12.0. The predicted molar refractivity (Wildman–Crippen MR) is 110 cm³/mol. The van der Waals surface area contributed by atoms with Crippen LogP contribution in [0.3, 0.4) is 0 Å². The number of carbonyl (C=O) groups excluding carboxylic acids is 1. The van der Waals surface area contributed by atoms with Crippen LogP contribution in [0.2, 0.25) is 0 Å². The van der Waals surface area contributed by atoms with Gasteiger partial charge in [0.1, 0.15) is 5.78 Å². The zero-order valence-corrected chi connectivity index (χ0v) is 18.7. The molecule has 0 radical (unpaired) electrons. The topological polar surface area (TPSA) is 35.5 Å². The van der Waals surface area contributed by atoms with Crippen molar-refractivity contribution in [2.45, 2.75) is 91.8 Å². The van der Waals surface area contributed by atoms with E-state index in [0.717, 1.165) is 19.6 Å². The molecule has 5 rings (SSSR count). The highest BCUT2D eigenvalue weighted by atomic mass is 16.7. The molecule has 0 aromatic rings. The molecule has 0 N–H and O–H groups in total. The van der Waals surface area contributed by atoms with Crippen LogP contribution in [0, 0.1) is 45.8 Å². The molecule has 1 saturated heterocycles. The Kier molecular flexibility index (Phi) is 4.23. The molecule has 1 aliphatic heterocycles. The molecule has 28 heavy (non-hydrogen) atoms. The fourth-order valence-corrected chi connectivity index (χ4v) is 9.32. The summed E-state index contributed by atoms with van der Waals surface area (Å²) >= 11 is 0. The maximum absolute atomic E-state index is 13.8. The molecule has 5 aliphatic rings. The van der Waals surface area contributed by atoms with Crippen LogP contribution in [0.1, 0.15) is 86.0 Å². The summed E-state index contributed by atoms with van der Waals surface area (Å²) in [5.74, 6) is 2.78. The number of rotatable bonds is 1. The smallest absolute Gasteiger partial charge is 0.169 e. The first-order valence-corrected chi connectivity index (χ1v) is 12.0. The molecule has 3 nitrogen and oxygen atoms in total. The number of hydrogen-bond acceptors (Lipinski definition) is 3. The summed E-state index contributed by atoms with van der Waals surface area (Å²) in [4.78, 5) is 13.8. The summed E-state index contributed by atoms with van der Waals surface area (Å²) in [5.41, 5.74) is 0.278. The van der Waals surface area contributed by atoms with E-state index in [-0.39, 0.29) is 16.2 Å². The average Bonchev–Trinajstić information content (AvgIpc) is 3.23. The molecule has 4 aliphatic carbocycles. The summed E-state index contributed by atoms with van der Waals surface area (Å²) in [6.45, 7) is 13.2. The molecule has 5 fully saturated rings. The lowest BCUT2D eigenvalue weighted by Crippen LogP contribution is -2.63. The van der Waals surface area contributed by atoms with Gasteiger partial charge in [-0.3, -0.25) is 4.79 Å². The van der Waals surface area contributed by atoms with Gasteiger partial charge in [0.25, 0.3) is 0 Å². The van der Waals surface area contributed by atoms with Gasteiger partial charge in [-0.25, -0.2) is 0 Å². The maximum atomic E-state index is 13.8. The third-order valence-electron chi connectivity index (χ3n) is 10.7. The van der Waals surface area contributed by atoms with E-state index in [1.165, 1.54) is 44.9 Å². The summed E-state index contributed by atoms with van der Waals surface area (Å²) in [5, 5.41) is 0. The van der Waals surface area contributed by atoms with E-state index in [2.05, 4.69) is 34.6 Å². The molecule has 0 aromatic carbocycles. The minimum absolute atomic E-state index is 0.189. The van der Waals surface area contributed by atoms with E-state index in [0.29, 0.717) is 35.4 Å². The van der Waals surface area contributed by atoms with Gasteiger partial charge in [0, 0.05) is 17.3 Å². The minimum Gasteiger partial charge on any atom is -0.348 e. The highest BCUT2D eigenvalue weighted by Gasteiger charge is 2.68. The van der Waals surface area contributed by atoms with Crippen molar-refractivity contribution in [1.82, 2.24) is 0 Å². The third kappa shape index (κ3) is 2.32. The first-order chi connectivity index (χ1) is 13.1. The Morgan fingerprint density at radius 2 is 1.46 bits per heavy atom. The first kappa shape index (κ1) is 19.5. The Bertz CT molecular complexity index is 663. The summed E-state index contributed by atoms with van der Waals surface area (Å²) in [6.07, 6.45) is 9.94. The van der Waals surface area contributed by atoms with Crippen LogP contribution in [-0.2, 0) is 14.3 Å². The second-order valence-corrected chi connectivity index (χ2v) is 12.0. The van der Waals surface area contributed by atoms with Crippen LogP contribution in [0.5, 0.6) is 0 Å². The van der Waals surface area contributed by atoms with Gasteiger partial charge in [-0.15, -0.1) is 0 Å². The quantitative estimate of drug-likeness (QED) is 0.585. The van der Waals surface area contributed by atoms with Crippen LogP contribution in [0.25, 0.3) is 0 Å². The number of fused-ring (bicyclic) bond motifs is 5. The van der Waals surface area contributed by atoms with E-state index >= 15 is 0 Å². The monoisotopic (exact) mass is 388 g/mol. The van der Waals surface area contributed by atoms with Gasteiger partial charge in [-0.1, -0.05) is 40.5 Å². The zero-order chi connectivity index (χ0) is 19.9. The van der Waals surface area contributed by atoms with Crippen molar-refractivity contribution in [3.05, 3.63) is 0 Å². The number of ketones is 1. The van der Waals surface area contributed by atoms with Crippen molar-refractivity contribution in [2.75, 3.05) is 13.2 Å². The predicted octanol–water partition coefficient (Wildman–Crippen LogP) is 5.61. The highest BCUT2D eigenvalue weighted by Crippen LogP contribution is 2.71. The van der Waals surface area contributed by atoms with E-state index in [4.69, 9.17) is 9.47 Å². The van der Waals surface area contributed by atoms with Crippen LogP contribution in [0.15, 0.2) is 0 Å². The van der Waals surface area contributed by atoms with Crippen molar-refractivity contribution in [2.24, 2.45) is 45.8 Å². The molecule has 0 spiro atoms. The Morgan fingerprint density at radius 3 is 2.18 bits per heavy atom. The van der Waals surface area contributed by atoms with Crippen molar-refractivity contribution in [3.63, 3.8) is 0 Å². The van der Waals surface area contributed by atoms with E-state index in [9.17, 15) is 4.79 Å². The van der Waals surface area contributed by atoms with Crippen LogP contribution in [-0.4, -0.2) is 24.8 Å². The third-order valence-corrected chi connectivity index (χ3v) is 10.7. The normalized spacial score (nSPS) is 52.0. The fourth-order valence-electron chi connectivity index (χ4n) is 9.32. The van der Waals surface area contributed by atoms with E-state index < -0.39 is 5.79 Å². The average molecular weight is 389 g/mol. The summed E-state index contributed by atoms with van der Waals surface area (Å²) in [6, 6.07) is 0. The Labute approximate surface area is 171 Å². The van der Waals surface area contributed by atoms with Gasteiger partial charge in [-0.05, 0) is 74.0 Å². The highest BCUT2D eigenvalue weighted by molar-refractivity contribution is 5.88. The molecule has 0 amide bonds. The fraction of sp³-hybridized carbons (Fsp3) is 0.960. The molecule has 0 bridgehead atoms.